The summed E-state index contributed by atoms with van der Waals surface area (Å²) in [5, 5.41) is 5.93. The molecule has 35 heavy (non-hydrogen) atoms. The van der Waals surface area contributed by atoms with Crippen LogP contribution in [0.2, 0.25) is 0 Å². The van der Waals surface area contributed by atoms with Crippen molar-refractivity contribution in [2.75, 3.05) is 59.2 Å². The van der Waals surface area contributed by atoms with Gasteiger partial charge in [-0.1, -0.05) is 0 Å². The van der Waals surface area contributed by atoms with Crippen molar-refractivity contribution < 1.29 is 14.3 Å². The third-order valence-electron chi connectivity index (χ3n) is 7.27. The molecule has 0 bridgehead atoms. The van der Waals surface area contributed by atoms with Crippen molar-refractivity contribution in [3.8, 4) is 0 Å². The number of pyridine rings is 1. The number of hydrogen-bond donors (Lipinski definition) is 1. The minimum Gasteiger partial charge on any atom is -0.382 e. The lowest BCUT2D eigenvalue weighted by atomic mass is 10.0. The van der Waals surface area contributed by atoms with Gasteiger partial charge < -0.3 is 19.4 Å². The van der Waals surface area contributed by atoms with E-state index < -0.39 is 0 Å². The van der Waals surface area contributed by atoms with E-state index in [2.05, 4.69) is 15.0 Å². The molecule has 1 N–H and O–H groups in total. The number of hydrogen-bond acceptors (Lipinski definition) is 6. The smallest absolute Gasteiger partial charge is 0.259 e. The lowest BCUT2D eigenvalue weighted by molar-refractivity contribution is 0.0630. The number of piperazine rings is 1. The Kier molecular flexibility index (Phi) is 7.17. The van der Waals surface area contributed by atoms with E-state index in [1.165, 1.54) is 0 Å². The molecule has 4 heterocycles. The molecular weight excluding hydrogens is 446 g/mol. The highest BCUT2D eigenvalue weighted by Crippen LogP contribution is 2.29. The maximum absolute atomic E-state index is 13.6. The van der Waals surface area contributed by atoms with Crippen molar-refractivity contribution >= 4 is 27.7 Å². The number of benzene rings is 1. The quantitative estimate of drug-likeness (QED) is 0.498. The predicted octanol–water partition coefficient (Wildman–Crippen LogP) is 2.72. The number of H-pyrrole nitrogens is 1. The molecule has 0 spiro atoms. The number of unbranched alkanes of at least 4 members (excludes halogenated alkanes) is 1. The van der Waals surface area contributed by atoms with Crippen LogP contribution < -0.4 is 5.56 Å². The zero-order valence-corrected chi connectivity index (χ0v) is 20.7. The lowest BCUT2D eigenvalue weighted by Gasteiger charge is -2.35. The molecule has 9 heteroatoms. The van der Waals surface area contributed by atoms with Crippen molar-refractivity contribution in [3.63, 3.8) is 0 Å². The molecule has 2 fully saturated rings. The normalized spacial score (nSPS) is 19.3. The van der Waals surface area contributed by atoms with Crippen LogP contribution in [0, 0.1) is 6.92 Å². The monoisotopic (exact) mass is 481 g/mol. The number of fused-ring (bicyclic) bond motifs is 3. The number of rotatable bonds is 8. The van der Waals surface area contributed by atoms with Gasteiger partial charge in [-0.2, -0.15) is 5.10 Å². The van der Waals surface area contributed by atoms with Gasteiger partial charge in [-0.3, -0.25) is 19.2 Å². The maximum atomic E-state index is 13.6. The van der Waals surface area contributed by atoms with Crippen LogP contribution in [-0.4, -0.2) is 89.6 Å². The first kappa shape index (κ1) is 24.0. The zero-order chi connectivity index (χ0) is 24.4. The summed E-state index contributed by atoms with van der Waals surface area (Å²) in [6.45, 7) is 11.1. The second-order valence-electron chi connectivity index (χ2n) is 9.57. The summed E-state index contributed by atoms with van der Waals surface area (Å²) in [7, 11) is 0. The molecule has 1 amide bonds. The minimum atomic E-state index is -0.159. The number of carbonyl (C=O) groups excluding carboxylic acids is 1. The summed E-state index contributed by atoms with van der Waals surface area (Å²) < 4.78 is 12.9. The largest absolute Gasteiger partial charge is 0.382 e. The summed E-state index contributed by atoms with van der Waals surface area (Å²) in [6, 6.07) is 3.96. The van der Waals surface area contributed by atoms with Crippen LogP contribution in [-0.2, 0) is 9.47 Å². The predicted molar refractivity (Wildman–Crippen MR) is 135 cm³/mol. The molecule has 2 saturated heterocycles. The van der Waals surface area contributed by atoms with E-state index in [1.54, 1.807) is 6.20 Å². The summed E-state index contributed by atoms with van der Waals surface area (Å²) in [5.41, 5.74) is 2.91. The number of amides is 1. The Hall–Kier alpha value is -2.75. The molecular formula is C26H35N5O4. The van der Waals surface area contributed by atoms with Crippen molar-refractivity contribution in [3.05, 3.63) is 39.8 Å². The van der Waals surface area contributed by atoms with E-state index in [-0.39, 0.29) is 17.5 Å². The molecule has 1 atom stereocenters. The second kappa shape index (κ2) is 10.5. The number of ether oxygens (including phenoxy) is 2. The molecule has 0 aliphatic carbocycles. The maximum Gasteiger partial charge on any atom is 0.259 e. The van der Waals surface area contributed by atoms with Gasteiger partial charge >= 0.3 is 0 Å². The Morgan fingerprint density at radius 3 is 2.77 bits per heavy atom. The van der Waals surface area contributed by atoms with Crippen LogP contribution in [0.15, 0.2) is 23.1 Å². The van der Waals surface area contributed by atoms with Gasteiger partial charge in [-0.15, -0.1) is 0 Å². The second-order valence-corrected chi connectivity index (χ2v) is 9.57. The molecule has 2 aliphatic heterocycles. The van der Waals surface area contributed by atoms with Crippen molar-refractivity contribution in [1.29, 1.82) is 0 Å². The highest BCUT2D eigenvalue weighted by atomic mass is 16.5. The summed E-state index contributed by atoms with van der Waals surface area (Å²) in [6.07, 6.45) is 4.68. The first-order chi connectivity index (χ1) is 17.1. The lowest BCUT2D eigenvalue weighted by Crippen LogP contribution is -2.49. The van der Waals surface area contributed by atoms with Gasteiger partial charge in [0, 0.05) is 56.9 Å². The fourth-order valence-electron chi connectivity index (χ4n) is 5.24. The van der Waals surface area contributed by atoms with Crippen LogP contribution in [0.5, 0.6) is 0 Å². The SMILES string of the molecule is CCOCCCCN1CCN(C(=O)c2cc3c(cc2C)[nH]c(=O)c2cnn([C@H]4CCOC4)c23)CC1. The average Bonchev–Trinajstić information content (AvgIpc) is 3.54. The topological polar surface area (TPSA) is 92.7 Å². The van der Waals surface area contributed by atoms with Crippen molar-refractivity contribution in [1.82, 2.24) is 24.6 Å². The summed E-state index contributed by atoms with van der Waals surface area (Å²) >= 11 is 0. The molecule has 0 saturated carbocycles. The Labute approximate surface area is 205 Å². The van der Waals surface area contributed by atoms with E-state index in [0.717, 1.165) is 87.2 Å². The van der Waals surface area contributed by atoms with E-state index in [0.29, 0.717) is 24.2 Å². The van der Waals surface area contributed by atoms with Crippen molar-refractivity contribution in [2.45, 2.75) is 39.2 Å². The Morgan fingerprint density at radius 1 is 1.20 bits per heavy atom. The number of carbonyl (C=O) groups is 1. The fraction of sp³-hybridized carbons (Fsp3) is 0.577. The van der Waals surface area contributed by atoms with Gasteiger partial charge in [0.25, 0.3) is 11.5 Å². The standard InChI is InChI=1S/C26H35N5O4/c1-3-34-12-5-4-7-29-8-10-30(11-9-29)26(33)20-15-21-23(14-18(20)2)28-25(32)22-16-27-31(24(21)22)19-6-13-35-17-19/h14-16,19H,3-13,17H2,1-2H3,(H,28,32)/t19-/m0/s1. The highest BCUT2D eigenvalue weighted by Gasteiger charge is 2.26. The van der Waals surface area contributed by atoms with Gasteiger partial charge in [-0.05, 0) is 57.4 Å². The van der Waals surface area contributed by atoms with E-state index in [9.17, 15) is 9.59 Å². The molecule has 2 aromatic heterocycles. The van der Waals surface area contributed by atoms with Crippen LogP contribution in [0.25, 0.3) is 21.8 Å². The van der Waals surface area contributed by atoms with Gasteiger partial charge in [0.15, 0.2) is 0 Å². The molecule has 5 rings (SSSR count). The number of aromatic nitrogens is 3. The summed E-state index contributed by atoms with van der Waals surface area (Å²) in [4.78, 5) is 33.7. The molecule has 9 nitrogen and oxygen atoms in total. The Bertz CT molecular complexity index is 1250. The number of aromatic amines is 1. The first-order valence-electron chi connectivity index (χ1n) is 12.8. The minimum absolute atomic E-state index is 0.0509. The van der Waals surface area contributed by atoms with Gasteiger partial charge in [-0.25, -0.2) is 0 Å². The van der Waals surface area contributed by atoms with E-state index in [4.69, 9.17) is 9.47 Å². The Balaban J connectivity index is 1.37. The van der Waals surface area contributed by atoms with E-state index in [1.807, 2.05) is 35.6 Å². The average molecular weight is 482 g/mol. The molecule has 0 unspecified atom stereocenters. The summed E-state index contributed by atoms with van der Waals surface area (Å²) in [5.74, 6) is 0.0509. The number of nitrogens with one attached hydrogen (secondary N) is 1. The molecule has 188 valence electrons. The molecule has 0 radical (unpaired) electrons. The van der Waals surface area contributed by atoms with Gasteiger partial charge in [0.2, 0.25) is 0 Å². The fourth-order valence-corrected chi connectivity index (χ4v) is 5.24. The molecule has 3 aromatic rings. The van der Waals surface area contributed by atoms with Crippen LogP contribution in [0.4, 0.5) is 0 Å². The van der Waals surface area contributed by atoms with Crippen LogP contribution >= 0.6 is 0 Å². The Morgan fingerprint density at radius 2 is 2.03 bits per heavy atom. The number of nitrogens with zero attached hydrogens (tertiary/aromatic N) is 4. The molecule has 2 aliphatic rings. The van der Waals surface area contributed by atoms with Gasteiger partial charge in [0.05, 0.1) is 35.3 Å². The van der Waals surface area contributed by atoms with E-state index >= 15 is 0 Å². The van der Waals surface area contributed by atoms with Crippen LogP contribution in [0.1, 0.15) is 48.1 Å². The van der Waals surface area contributed by atoms with Crippen LogP contribution in [0.3, 0.4) is 0 Å². The first-order valence-corrected chi connectivity index (χ1v) is 12.8. The highest BCUT2D eigenvalue weighted by molar-refractivity contribution is 6.07. The van der Waals surface area contributed by atoms with Gasteiger partial charge in [0.1, 0.15) is 0 Å². The van der Waals surface area contributed by atoms with Crippen molar-refractivity contribution in [2.24, 2.45) is 0 Å². The number of aryl methyl sites for hydroxylation is 1. The zero-order valence-electron chi connectivity index (χ0n) is 20.7. The third kappa shape index (κ3) is 4.85. The third-order valence-corrected chi connectivity index (χ3v) is 7.27. The molecule has 1 aromatic carbocycles.